The predicted molar refractivity (Wildman–Crippen MR) is 61.9 cm³/mol. The van der Waals surface area contributed by atoms with Crippen LogP contribution in [0.1, 0.15) is 6.92 Å². The van der Waals surface area contributed by atoms with E-state index in [2.05, 4.69) is 5.32 Å². The van der Waals surface area contributed by atoms with Crippen LogP contribution in [0.5, 0.6) is 0 Å². The van der Waals surface area contributed by atoms with E-state index in [9.17, 15) is 4.79 Å². The molecule has 3 N–H and O–H groups in total. The number of anilines is 3. The maximum absolute atomic E-state index is 11.7. The van der Waals surface area contributed by atoms with E-state index in [0.29, 0.717) is 12.2 Å². The van der Waals surface area contributed by atoms with E-state index < -0.39 is 0 Å². The van der Waals surface area contributed by atoms with Gasteiger partial charge in [0.2, 0.25) is 5.91 Å². The minimum atomic E-state index is -0.0261. The minimum absolute atomic E-state index is 0.0261. The molecule has 1 amide bonds. The zero-order valence-electron chi connectivity index (χ0n) is 8.95. The lowest BCUT2D eigenvalue weighted by Gasteiger charge is -2.20. The Morgan fingerprint density at radius 2 is 2.27 bits per heavy atom. The van der Waals surface area contributed by atoms with Gasteiger partial charge in [0, 0.05) is 13.6 Å². The fourth-order valence-electron chi connectivity index (χ4n) is 1.85. The fourth-order valence-corrected chi connectivity index (χ4v) is 1.85. The summed E-state index contributed by atoms with van der Waals surface area (Å²) in [5.74, 6) is 0.000278. The lowest BCUT2D eigenvalue weighted by molar-refractivity contribution is -0.119. The molecule has 1 aliphatic rings. The first-order valence-corrected chi connectivity index (χ1v) is 5.00. The molecule has 0 aromatic heterocycles. The summed E-state index contributed by atoms with van der Waals surface area (Å²) in [4.78, 5) is 13.7. The van der Waals surface area contributed by atoms with Gasteiger partial charge in [0.25, 0.3) is 0 Å². The second-order valence-electron chi connectivity index (χ2n) is 4.01. The largest absolute Gasteiger partial charge is 0.397 e. The van der Waals surface area contributed by atoms with Crippen LogP contribution >= 0.6 is 0 Å². The van der Waals surface area contributed by atoms with E-state index in [-0.39, 0.29) is 11.8 Å². The number of hydrogen-bond donors (Lipinski definition) is 2. The van der Waals surface area contributed by atoms with Gasteiger partial charge < -0.3 is 16.0 Å². The van der Waals surface area contributed by atoms with Crippen molar-refractivity contribution in [2.24, 2.45) is 5.92 Å². The van der Waals surface area contributed by atoms with Crippen LogP contribution in [-0.4, -0.2) is 19.5 Å². The van der Waals surface area contributed by atoms with Crippen LogP contribution in [0.2, 0.25) is 0 Å². The second kappa shape index (κ2) is 3.46. The highest BCUT2D eigenvalue weighted by Gasteiger charge is 2.23. The van der Waals surface area contributed by atoms with Crippen molar-refractivity contribution >= 4 is 23.0 Å². The molecule has 4 heteroatoms. The number of para-hydroxylation sites is 1. The highest BCUT2D eigenvalue weighted by atomic mass is 16.1. The standard InChI is InChI=1S/C11H15N3O/c1-7-6-14(2)9-5-3-4-8(12)10(9)13-11(7)15/h3-5,7H,6,12H2,1-2H3,(H,13,15). The Morgan fingerprint density at radius 1 is 1.53 bits per heavy atom. The molecule has 1 aromatic carbocycles. The Hall–Kier alpha value is -1.71. The SMILES string of the molecule is CC1CN(C)c2cccc(N)c2NC1=O. The smallest absolute Gasteiger partial charge is 0.229 e. The summed E-state index contributed by atoms with van der Waals surface area (Å²) < 4.78 is 0. The first-order valence-electron chi connectivity index (χ1n) is 5.00. The van der Waals surface area contributed by atoms with Crippen LogP contribution in [0.25, 0.3) is 0 Å². The van der Waals surface area contributed by atoms with E-state index in [4.69, 9.17) is 5.73 Å². The highest BCUT2D eigenvalue weighted by molar-refractivity contribution is 6.01. The zero-order valence-corrected chi connectivity index (χ0v) is 8.95. The van der Waals surface area contributed by atoms with Gasteiger partial charge in [-0.2, -0.15) is 0 Å². The van der Waals surface area contributed by atoms with Crippen molar-refractivity contribution in [3.05, 3.63) is 18.2 Å². The minimum Gasteiger partial charge on any atom is -0.397 e. The molecule has 0 aliphatic carbocycles. The quantitative estimate of drug-likeness (QED) is 0.627. The van der Waals surface area contributed by atoms with Gasteiger partial charge in [-0.05, 0) is 12.1 Å². The molecule has 1 aliphatic heterocycles. The number of carbonyl (C=O) groups excluding carboxylic acids is 1. The number of carbonyl (C=O) groups is 1. The Morgan fingerprint density at radius 3 is 3.00 bits per heavy atom. The number of nitrogens with one attached hydrogen (secondary N) is 1. The Bertz CT molecular complexity index is 403. The average Bonchev–Trinajstić information content (AvgIpc) is 2.29. The van der Waals surface area contributed by atoms with Crippen LogP contribution in [0, 0.1) is 5.92 Å². The van der Waals surface area contributed by atoms with Crippen LogP contribution < -0.4 is 16.0 Å². The lowest BCUT2D eigenvalue weighted by atomic mass is 10.1. The van der Waals surface area contributed by atoms with Gasteiger partial charge in [-0.1, -0.05) is 13.0 Å². The summed E-state index contributed by atoms with van der Waals surface area (Å²) in [7, 11) is 1.97. The summed E-state index contributed by atoms with van der Waals surface area (Å²) in [6.45, 7) is 2.62. The zero-order chi connectivity index (χ0) is 11.0. The second-order valence-corrected chi connectivity index (χ2v) is 4.01. The molecule has 15 heavy (non-hydrogen) atoms. The topological polar surface area (TPSA) is 58.4 Å². The third kappa shape index (κ3) is 1.63. The third-order valence-electron chi connectivity index (χ3n) is 2.73. The van der Waals surface area contributed by atoms with Crippen molar-refractivity contribution in [3.8, 4) is 0 Å². The van der Waals surface area contributed by atoms with Crippen molar-refractivity contribution in [1.29, 1.82) is 0 Å². The first kappa shape index (κ1) is 9.83. The van der Waals surface area contributed by atoms with Gasteiger partial charge in [-0.3, -0.25) is 4.79 Å². The summed E-state index contributed by atoms with van der Waals surface area (Å²) in [5.41, 5.74) is 8.16. The van der Waals surface area contributed by atoms with Gasteiger partial charge in [-0.25, -0.2) is 0 Å². The molecule has 1 atom stereocenters. The van der Waals surface area contributed by atoms with E-state index in [1.165, 1.54) is 0 Å². The van der Waals surface area contributed by atoms with Crippen molar-refractivity contribution < 1.29 is 4.79 Å². The number of nitrogens with zero attached hydrogens (tertiary/aromatic N) is 1. The highest BCUT2D eigenvalue weighted by Crippen LogP contribution is 2.33. The predicted octanol–water partition coefficient (Wildman–Crippen LogP) is 1.29. The van der Waals surface area contributed by atoms with E-state index in [1.54, 1.807) is 6.07 Å². The molecule has 4 nitrogen and oxygen atoms in total. The monoisotopic (exact) mass is 205 g/mol. The van der Waals surface area contributed by atoms with E-state index in [0.717, 1.165) is 11.4 Å². The molecular weight excluding hydrogens is 190 g/mol. The molecule has 0 saturated heterocycles. The van der Waals surface area contributed by atoms with Gasteiger partial charge >= 0.3 is 0 Å². The molecule has 0 radical (unpaired) electrons. The summed E-state index contributed by atoms with van der Waals surface area (Å²) in [6, 6.07) is 5.65. The molecule has 1 aromatic rings. The molecule has 0 saturated carbocycles. The number of nitrogens with two attached hydrogens (primary N) is 1. The first-order chi connectivity index (χ1) is 7.09. The van der Waals surface area contributed by atoms with Gasteiger partial charge in [0.15, 0.2) is 0 Å². The maximum Gasteiger partial charge on any atom is 0.229 e. The molecule has 0 fully saturated rings. The van der Waals surface area contributed by atoms with Crippen LogP contribution in [-0.2, 0) is 4.79 Å². The van der Waals surface area contributed by atoms with E-state index >= 15 is 0 Å². The van der Waals surface area contributed by atoms with Gasteiger partial charge in [0.1, 0.15) is 0 Å². The molecule has 1 unspecified atom stereocenters. The summed E-state index contributed by atoms with van der Waals surface area (Å²) in [5, 5.41) is 2.87. The van der Waals surface area contributed by atoms with Crippen LogP contribution in [0.15, 0.2) is 18.2 Å². The third-order valence-corrected chi connectivity index (χ3v) is 2.73. The summed E-state index contributed by atoms with van der Waals surface area (Å²) >= 11 is 0. The molecule has 1 heterocycles. The fraction of sp³-hybridized carbons (Fsp3) is 0.364. The molecule has 0 spiro atoms. The number of nitrogen functional groups attached to an aromatic ring is 1. The van der Waals surface area contributed by atoms with Crippen molar-refractivity contribution in [2.45, 2.75) is 6.92 Å². The lowest BCUT2D eigenvalue weighted by Crippen LogP contribution is -2.27. The Kier molecular flexibility index (Phi) is 2.26. The maximum atomic E-state index is 11.7. The molecule has 0 bridgehead atoms. The van der Waals surface area contributed by atoms with Crippen LogP contribution in [0.3, 0.4) is 0 Å². The Balaban J connectivity index is 2.51. The van der Waals surface area contributed by atoms with Crippen LogP contribution in [0.4, 0.5) is 17.1 Å². The summed E-state index contributed by atoms with van der Waals surface area (Å²) in [6.07, 6.45) is 0. The van der Waals surface area contributed by atoms with Crippen molar-refractivity contribution in [3.63, 3.8) is 0 Å². The number of hydrogen-bond acceptors (Lipinski definition) is 3. The molecule has 80 valence electrons. The number of benzene rings is 1. The Labute approximate surface area is 89.1 Å². The number of rotatable bonds is 0. The average molecular weight is 205 g/mol. The number of fused-ring (bicyclic) bond motifs is 1. The van der Waals surface area contributed by atoms with Gasteiger partial charge in [-0.15, -0.1) is 0 Å². The number of amides is 1. The van der Waals surface area contributed by atoms with Gasteiger partial charge in [0.05, 0.1) is 23.0 Å². The van der Waals surface area contributed by atoms with E-state index in [1.807, 2.05) is 31.0 Å². The normalized spacial score (nSPS) is 20.5. The van der Waals surface area contributed by atoms with Crippen molar-refractivity contribution in [1.82, 2.24) is 0 Å². The van der Waals surface area contributed by atoms with Crippen molar-refractivity contribution in [2.75, 3.05) is 29.5 Å². The molecular formula is C11H15N3O. The molecule has 2 rings (SSSR count).